The van der Waals surface area contributed by atoms with E-state index in [0.29, 0.717) is 5.92 Å². The van der Waals surface area contributed by atoms with Gasteiger partial charge in [-0.2, -0.15) is 0 Å². The van der Waals surface area contributed by atoms with Crippen molar-refractivity contribution in [1.82, 2.24) is 0 Å². The zero-order chi connectivity index (χ0) is 8.93. The molecular weight excluding hydrogens is 215 g/mol. The average molecular weight is 231 g/mol. The van der Waals surface area contributed by atoms with Crippen LogP contribution in [0.4, 0.5) is 0 Å². The van der Waals surface area contributed by atoms with E-state index in [1.807, 2.05) is 0 Å². The fourth-order valence-corrected chi connectivity index (χ4v) is 1.93. The molecule has 0 aromatic heterocycles. The van der Waals surface area contributed by atoms with Gasteiger partial charge in [0.15, 0.2) is 0 Å². The molecule has 0 unspecified atom stereocenters. The van der Waals surface area contributed by atoms with Crippen LogP contribution in [-0.4, -0.2) is 0 Å². The van der Waals surface area contributed by atoms with Crippen LogP contribution in [-0.2, 0) is 16.8 Å². The molecule has 0 N–H and O–H groups in total. The molecule has 0 nitrogen and oxygen atoms in total. The summed E-state index contributed by atoms with van der Waals surface area (Å²) in [4.78, 5) is 0. The number of allylic oxidation sites excluding steroid dienone is 8. The smallest absolute Gasteiger partial charge is 0.0163 e. The summed E-state index contributed by atoms with van der Waals surface area (Å²) in [5.41, 5.74) is 1.61. The van der Waals surface area contributed by atoms with Gasteiger partial charge in [0.1, 0.15) is 0 Å². The summed E-state index contributed by atoms with van der Waals surface area (Å²) in [6.45, 7) is 0. The quantitative estimate of drug-likeness (QED) is 0.602. The maximum atomic E-state index is 2.42. The van der Waals surface area contributed by atoms with Gasteiger partial charge in [0, 0.05) is 22.7 Å². The first-order valence-electron chi connectivity index (χ1n) is 5.16. The van der Waals surface area contributed by atoms with E-state index >= 15 is 0 Å². The van der Waals surface area contributed by atoms with Crippen LogP contribution in [0.3, 0.4) is 0 Å². The van der Waals surface area contributed by atoms with Crippen LogP contribution in [0.2, 0.25) is 0 Å². The Morgan fingerprint density at radius 3 is 2.43 bits per heavy atom. The number of rotatable bonds is 1. The van der Waals surface area contributed by atoms with Crippen LogP contribution >= 0.6 is 0 Å². The Balaban J connectivity index is 0.000000980. The normalized spacial score (nSPS) is 21.3. The molecular formula is C13H16Co. The first kappa shape index (κ1) is 11.5. The SMILES string of the molecule is C1=CC(C2=CCCC=CCC2)C=C1.[Co]. The van der Waals surface area contributed by atoms with Gasteiger partial charge in [-0.25, -0.2) is 0 Å². The van der Waals surface area contributed by atoms with Crippen LogP contribution in [0, 0.1) is 5.92 Å². The molecule has 0 aliphatic heterocycles. The molecule has 1 radical (unpaired) electrons. The van der Waals surface area contributed by atoms with E-state index in [1.165, 1.54) is 25.7 Å². The Bertz CT molecular complexity index is 270. The van der Waals surface area contributed by atoms with Crippen LogP contribution < -0.4 is 0 Å². The molecule has 2 aliphatic rings. The van der Waals surface area contributed by atoms with E-state index < -0.39 is 0 Å². The largest absolute Gasteiger partial charge is 0.0882 e. The van der Waals surface area contributed by atoms with E-state index in [9.17, 15) is 0 Å². The van der Waals surface area contributed by atoms with Crippen LogP contribution in [0.1, 0.15) is 25.7 Å². The molecule has 0 aromatic carbocycles. The van der Waals surface area contributed by atoms with Crippen molar-refractivity contribution in [2.45, 2.75) is 25.7 Å². The zero-order valence-corrected chi connectivity index (χ0v) is 9.32. The Kier molecular flexibility index (Phi) is 4.98. The maximum absolute atomic E-state index is 2.42. The minimum atomic E-state index is 0. The van der Waals surface area contributed by atoms with Gasteiger partial charge in [-0.3, -0.25) is 0 Å². The molecule has 0 fully saturated rings. The monoisotopic (exact) mass is 231 g/mol. The molecule has 14 heavy (non-hydrogen) atoms. The number of hydrogen-bond donors (Lipinski definition) is 0. The van der Waals surface area contributed by atoms with Gasteiger partial charge >= 0.3 is 0 Å². The minimum absolute atomic E-state index is 0. The summed E-state index contributed by atoms with van der Waals surface area (Å²) < 4.78 is 0. The Hall–Kier alpha value is -0.534. The van der Waals surface area contributed by atoms with Gasteiger partial charge < -0.3 is 0 Å². The van der Waals surface area contributed by atoms with Crippen molar-refractivity contribution in [3.8, 4) is 0 Å². The minimum Gasteiger partial charge on any atom is -0.0882 e. The summed E-state index contributed by atoms with van der Waals surface area (Å²) in [7, 11) is 0. The van der Waals surface area contributed by atoms with Crippen LogP contribution in [0.5, 0.6) is 0 Å². The molecule has 0 heterocycles. The van der Waals surface area contributed by atoms with Gasteiger partial charge in [0.2, 0.25) is 0 Å². The summed E-state index contributed by atoms with van der Waals surface area (Å²) >= 11 is 0. The summed E-state index contributed by atoms with van der Waals surface area (Å²) in [6, 6.07) is 0. The third-order valence-corrected chi connectivity index (χ3v) is 2.68. The third kappa shape index (κ3) is 3.00. The molecule has 0 amide bonds. The molecule has 77 valence electrons. The molecule has 0 saturated heterocycles. The first-order valence-corrected chi connectivity index (χ1v) is 5.16. The molecule has 0 bridgehead atoms. The van der Waals surface area contributed by atoms with Crippen LogP contribution in [0.25, 0.3) is 0 Å². The Labute approximate surface area is 96.7 Å². The van der Waals surface area contributed by atoms with Crippen molar-refractivity contribution >= 4 is 0 Å². The zero-order valence-electron chi connectivity index (χ0n) is 8.28. The Morgan fingerprint density at radius 1 is 0.929 bits per heavy atom. The van der Waals surface area contributed by atoms with Crippen molar-refractivity contribution < 1.29 is 16.8 Å². The summed E-state index contributed by atoms with van der Waals surface area (Å²) in [5.74, 6) is 0.603. The summed E-state index contributed by atoms with van der Waals surface area (Å²) in [6.07, 6.45) is 20.8. The van der Waals surface area contributed by atoms with Crippen molar-refractivity contribution in [1.29, 1.82) is 0 Å². The van der Waals surface area contributed by atoms with Gasteiger partial charge in [-0.1, -0.05) is 48.1 Å². The van der Waals surface area contributed by atoms with E-state index in [2.05, 4.69) is 42.5 Å². The molecule has 1 heteroatoms. The third-order valence-electron chi connectivity index (χ3n) is 2.68. The Morgan fingerprint density at radius 2 is 1.64 bits per heavy atom. The van der Waals surface area contributed by atoms with E-state index in [0.717, 1.165) is 0 Å². The second kappa shape index (κ2) is 6.05. The molecule has 0 spiro atoms. The predicted molar refractivity (Wildman–Crippen MR) is 57.5 cm³/mol. The molecule has 0 atom stereocenters. The van der Waals surface area contributed by atoms with E-state index in [1.54, 1.807) is 5.57 Å². The first-order chi connectivity index (χ1) is 6.47. The average Bonchev–Trinajstić information content (AvgIpc) is 2.55. The predicted octanol–water partition coefficient (Wildman–Crippen LogP) is 3.78. The van der Waals surface area contributed by atoms with E-state index in [-0.39, 0.29) is 16.8 Å². The van der Waals surface area contributed by atoms with Crippen molar-refractivity contribution in [3.05, 3.63) is 48.1 Å². The molecule has 2 aliphatic carbocycles. The number of hydrogen-bond acceptors (Lipinski definition) is 0. The topological polar surface area (TPSA) is 0 Å². The van der Waals surface area contributed by atoms with Gasteiger partial charge in [-0.05, 0) is 25.7 Å². The van der Waals surface area contributed by atoms with Crippen molar-refractivity contribution in [2.24, 2.45) is 5.92 Å². The molecule has 0 saturated carbocycles. The van der Waals surface area contributed by atoms with Crippen LogP contribution in [0.15, 0.2) is 48.1 Å². The second-order valence-corrected chi connectivity index (χ2v) is 3.66. The van der Waals surface area contributed by atoms with Gasteiger partial charge in [0.25, 0.3) is 0 Å². The van der Waals surface area contributed by atoms with Gasteiger partial charge in [-0.15, -0.1) is 0 Å². The fourth-order valence-electron chi connectivity index (χ4n) is 1.93. The standard InChI is InChI=1S/C13H16.Co/c1-2-4-8-12(9-5-3-1)13-10-6-7-11-13;/h1-2,6-7,9-11,13H,3-5,8H2;. The molecule has 2 rings (SSSR count). The maximum Gasteiger partial charge on any atom is 0.0163 e. The fraction of sp³-hybridized carbons (Fsp3) is 0.385. The van der Waals surface area contributed by atoms with Gasteiger partial charge in [0.05, 0.1) is 0 Å². The molecule has 0 aromatic rings. The van der Waals surface area contributed by atoms with E-state index in [4.69, 9.17) is 0 Å². The second-order valence-electron chi connectivity index (χ2n) is 3.66. The van der Waals surface area contributed by atoms with Crippen molar-refractivity contribution in [3.63, 3.8) is 0 Å². The van der Waals surface area contributed by atoms with Crippen molar-refractivity contribution in [2.75, 3.05) is 0 Å². The summed E-state index contributed by atoms with van der Waals surface area (Å²) in [5, 5.41) is 0.